The summed E-state index contributed by atoms with van der Waals surface area (Å²) in [7, 11) is 0. The molecule has 0 saturated carbocycles. The molecule has 0 aliphatic carbocycles. The second-order valence-corrected chi connectivity index (χ2v) is 6.75. The molecule has 2 atom stereocenters. The van der Waals surface area contributed by atoms with E-state index in [0.717, 1.165) is 4.90 Å². The van der Waals surface area contributed by atoms with Gasteiger partial charge in [0.05, 0.1) is 11.6 Å². The maximum atomic E-state index is 12.2. The lowest BCUT2D eigenvalue weighted by Crippen LogP contribution is -2.32. The predicted molar refractivity (Wildman–Crippen MR) is 97.1 cm³/mol. The lowest BCUT2D eigenvalue weighted by molar-refractivity contribution is -0.152. The van der Waals surface area contributed by atoms with Gasteiger partial charge >= 0.3 is 5.97 Å². The van der Waals surface area contributed by atoms with Crippen molar-refractivity contribution in [3.8, 4) is 6.07 Å². The Hall–Kier alpha value is -2.78. The van der Waals surface area contributed by atoms with Crippen molar-refractivity contribution in [3.05, 3.63) is 60.2 Å². The first kappa shape index (κ1) is 18.6. The normalized spacial score (nSPS) is 12.5. The van der Waals surface area contributed by atoms with Crippen LogP contribution in [0.4, 0.5) is 5.69 Å². The van der Waals surface area contributed by atoms with Gasteiger partial charge in [-0.2, -0.15) is 5.26 Å². The zero-order valence-electron chi connectivity index (χ0n) is 13.9. The number of carbonyl (C=O) groups is 2. The van der Waals surface area contributed by atoms with Crippen molar-refractivity contribution >= 4 is 29.3 Å². The van der Waals surface area contributed by atoms with Gasteiger partial charge in [-0.05, 0) is 44.2 Å². The van der Waals surface area contributed by atoms with Crippen LogP contribution in [0.2, 0.25) is 0 Å². The molecule has 2 aromatic rings. The van der Waals surface area contributed by atoms with E-state index in [4.69, 9.17) is 10.00 Å². The topological polar surface area (TPSA) is 79.2 Å². The maximum Gasteiger partial charge on any atom is 0.319 e. The summed E-state index contributed by atoms with van der Waals surface area (Å²) in [6.07, 6.45) is -0.933. The van der Waals surface area contributed by atoms with Gasteiger partial charge in [-0.3, -0.25) is 9.59 Å². The highest BCUT2D eigenvalue weighted by Gasteiger charge is 2.22. The molecular weight excluding hydrogens is 336 g/mol. The van der Waals surface area contributed by atoms with Crippen LogP contribution in [0.15, 0.2) is 59.5 Å². The number of thioether (sulfide) groups is 1. The van der Waals surface area contributed by atoms with Crippen LogP contribution in [-0.4, -0.2) is 23.2 Å². The van der Waals surface area contributed by atoms with Crippen molar-refractivity contribution in [3.63, 3.8) is 0 Å². The average Bonchev–Trinajstić information content (AvgIpc) is 2.62. The number of benzene rings is 2. The van der Waals surface area contributed by atoms with Crippen LogP contribution < -0.4 is 5.32 Å². The molecule has 0 radical (unpaired) electrons. The molecule has 1 N–H and O–H groups in total. The highest BCUT2D eigenvalue weighted by molar-refractivity contribution is 8.00. The van der Waals surface area contributed by atoms with Gasteiger partial charge in [0, 0.05) is 10.6 Å². The van der Waals surface area contributed by atoms with Crippen LogP contribution >= 0.6 is 11.8 Å². The number of hydrogen-bond donors (Lipinski definition) is 1. The average molecular weight is 354 g/mol. The van der Waals surface area contributed by atoms with Crippen molar-refractivity contribution in [1.82, 2.24) is 0 Å². The van der Waals surface area contributed by atoms with Gasteiger partial charge in [0.1, 0.15) is 5.25 Å². The summed E-state index contributed by atoms with van der Waals surface area (Å²) in [5, 5.41) is 11.1. The Morgan fingerprint density at radius 2 is 1.84 bits per heavy atom. The third kappa shape index (κ3) is 5.66. The number of esters is 1. The lowest BCUT2D eigenvalue weighted by Gasteiger charge is -2.16. The molecule has 2 rings (SSSR count). The molecule has 0 aromatic heterocycles. The van der Waals surface area contributed by atoms with Gasteiger partial charge in [-0.1, -0.05) is 24.3 Å². The maximum absolute atomic E-state index is 12.2. The smallest absolute Gasteiger partial charge is 0.319 e. The Labute approximate surface area is 151 Å². The van der Waals surface area contributed by atoms with Crippen molar-refractivity contribution in [2.45, 2.75) is 30.1 Å². The van der Waals surface area contributed by atoms with E-state index in [1.165, 1.54) is 18.7 Å². The Morgan fingerprint density at radius 1 is 1.12 bits per heavy atom. The number of nitrogens with zero attached hydrogens (tertiary/aromatic N) is 1. The summed E-state index contributed by atoms with van der Waals surface area (Å²) >= 11 is 1.37. The van der Waals surface area contributed by atoms with Crippen molar-refractivity contribution in [2.75, 3.05) is 5.32 Å². The quantitative estimate of drug-likeness (QED) is 0.633. The predicted octanol–water partition coefficient (Wildman–Crippen LogP) is 3.61. The summed E-state index contributed by atoms with van der Waals surface area (Å²) in [6, 6.07) is 18.0. The Balaban J connectivity index is 1.89. The van der Waals surface area contributed by atoms with Crippen molar-refractivity contribution in [2.24, 2.45) is 0 Å². The highest BCUT2D eigenvalue weighted by atomic mass is 32.2. The van der Waals surface area contributed by atoms with E-state index in [1.54, 1.807) is 31.2 Å². The number of hydrogen-bond acceptors (Lipinski definition) is 5. The molecular formula is C19H18N2O3S. The van der Waals surface area contributed by atoms with Gasteiger partial charge in [0.25, 0.3) is 5.91 Å². The van der Waals surface area contributed by atoms with E-state index in [2.05, 4.69) is 5.32 Å². The second kappa shape index (κ2) is 8.90. The third-order valence-corrected chi connectivity index (χ3v) is 4.40. The van der Waals surface area contributed by atoms with Gasteiger partial charge in [-0.15, -0.1) is 11.8 Å². The molecule has 128 valence electrons. The van der Waals surface area contributed by atoms with Gasteiger partial charge in [0.15, 0.2) is 6.10 Å². The fourth-order valence-electron chi connectivity index (χ4n) is 1.99. The number of carbonyl (C=O) groups excluding carboxylic acids is 2. The Kier molecular flexibility index (Phi) is 6.61. The zero-order chi connectivity index (χ0) is 18.2. The van der Waals surface area contributed by atoms with Gasteiger partial charge in [0.2, 0.25) is 0 Å². The number of nitriles is 1. The Morgan fingerprint density at radius 3 is 2.52 bits per heavy atom. The number of ether oxygens (including phenoxy) is 1. The largest absolute Gasteiger partial charge is 0.452 e. The molecule has 0 heterocycles. The third-order valence-electron chi connectivity index (χ3n) is 3.31. The molecule has 0 fully saturated rings. The summed E-state index contributed by atoms with van der Waals surface area (Å²) < 4.78 is 5.24. The van der Waals surface area contributed by atoms with Crippen LogP contribution in [0.5, 0.6) is 0 Å². The SMILES string of the molecule is C[C@H](OC(=O)[C@H](C)Sc1ccccc1)C(=O)Nc1cccc(C#N)c1. The number of rotatable bonds is 6. The first-order chi connectivity index (χ1) is 12.0. The van der Waals surface area contributed by atoms with Crippen LogP contribution in [-0.2, 0) is 14.3 Å². The minimum atomic E-state index is -0.933. The van der Waals surface area contributed by atoms with Crippen LogP contribution in [0.25, 0.3) is 0 Å². The minimum absolute atomic E-state index is 0.431. The van der Waals surface area contributed by atoms with Crippen LogP contribution in [0.1, 0.15) is 19.4 Å². The molecule has 0 aliphatic rings. The highest BCUT2D eigenvalue weighted by Crippen LogP contribution is 2.23. The van der Waals surface area contributed by atoms with Crippen LogP contribution in [0, 0.1) is 11.3 Å². The zero-order valence-corrected chi connectivity index (χ0v) is 14.7. The molecule has 5 nitrogen and oxygen atoms in total. The fraction of sp³-hybridized carbons (Fsp3) is 0.211. The van der Waals surface area contributed by atoms with E-state index in [0.29, 0.717) is 11.3 Å². The standard InChI is InChI=1S/C19H18N2O3S/c1-13(18(22)21-16-8-6-7-15(11-16)12-20)24-19(23)14(2)25-17-9-4-3-5-10-17/h3-11,13-14H,1-2H3,(H,21,22)/t13-,14-/m0/s1. The van der Waals surface area contributed by atoms with Crippen molar-refractivity contribution < 1.29 is 14.3 Å². The monoisotopic (exact) mass is 354 g/mol. The van der Waals surface area contributed by atoms with E-state index in [9.17, 15) is 9.59 Å². The van der Waals surface area contributed by atoms with Gasteiger partial charge < -0.3 is 10.1 Å². The second-order valence-electron chi connectivity index (χ2n) is 5.33. The van der Waals surface area contributed by atoms with Crippen molar-refractivity contribution in [1.29, 1.82) is 5.26 Å². The molecule has 0 saturated heterocycles. The molecule has 0 bridgehead atoms. The minimum Gasteiger partial charge on any atom is -0.452 e. The molecule has 0 spiro atoms. The van der Waals surface area contributed by atoms with E-state index < -0.39 is 23.2 Å². The number of amides is 1. The summed E-state index contributed by atoms with van der Waals surface area (Å²) in [6.45, 7) is 3.25. The number of anilines is 1. The van der Waals surface area contributed by atoms with E-state index in [1.807, 2.05) is 36.4 Å². The fourth-order valence-corrected chi connectivity index (χ4v) is 2.86. The lowest BCUT2D eigenvalue weighted by atomic mass is 10.2. The summed E-state index contributed by atoms with van der Waals surface area (Å²) in [5.74, 6) is -0.900. The summed E-state index contributed by atoms with van der Waals surface area (Å²) in [4.78, 5) is 25.3. The summed E-state index contributed by atoms with van der Waals surface area (Å²) in [5.41, 5.74) is 0.925. The molecule has 2 aromatic carbocycles. The first-order valence-corrected chi connectivity index (χ1v) is 8.61. The van der Waals surface area contributed by atoms with E-state index >= 15 is 0 Å². The molecule has 0 unspecified atom stereocenters. The molecule has 6 heteroatoms. The van der Waals surface area contributed by atoms with Crippen LogP contribution in [0.3, 0.4) is 0 Å². The van der Waals surface area contributed by atoms with E-state index in [-0.39, 0.29) is 0 Å². The molecule has 1 amide bonds. The van der Waals surface area contributed by atoms with Gasteiger partial charge in [-0.25, -0.2) is 0 Å². The molecule has 25 heavy (non-hydrogen) atoms. The molecule has 0 aliphatic heterocycles. The Bertz CT molecular complexity index is 787. The first-order valence-electron chi connectivity index (χ1n) is 7.73. The number of nitrogens with one attached hydrogen (secondary N) is 1.